The molecule has 5 heteroatoms. The molecule has 0 unspecified atom stereocenters. The predicted molar refractivity (Wildman–Crippen MR) is 108 cm³/mol. The molecule has 1 aliphatic carbocycles. The molecule has 150 valence electrons. The number of nitrogens with zero attached hydrogens (tertiary/aromatic N) is 1. The zero-order valence-corrected chi connectivity index (χ0v) is 16.8. The Morgan fingerprint density at radius 1 is 1.30 bits per heavy atom. The van der Waals surface area contributed by atoms with E-state index in [0.29, 0.717) is 12.6 Å². The highest BCUT2D eigenvalue weighted by atomic mass is 16.5. The van der Waals surface area contributed by atoms with Gasteiger partial charge in [-0.05, 0) is 49.8 Å². The van der Waals surface area contributed by atoms with Crippen molar-refractivity contribution >= 4 is 12.4 Å². The lowest BCUT2D eigenvalue weighted by molar-refractivity contribution is -0.128. The maximum Gasteiger partial charge on any atom is 0.290 e. The fourth-order valence-electron chi connectivity index (χ4n) is 3.01. The lowest BCUT2D eigenvalue weighted by Crippen LogP contribution is -2.33. The van der Waals surface area contributed by atoms with E-state index in [1.165, 1.54) is 12.8 Å². The van der Waals surface area contributed by atoms with Gasteiger partial charge in [-0.25, -0.2) is 0 Å². The number of rotatable bonds is 10. The van der Waals surface area contributed by atoms with E-state index in [1.54, 1.807) is 7.11 Å². The summed E-state index contributed by atoms with van der Waals surface area (Å²) in [4.78, 5) is 23.5. The van der Waals surface area contributed by atoms with Gasteiger partial charge in [-0.1, -0.05) is 44.9 Å². The molecule has 0 aliphatic heterocycles. The van der Waals surface area contributed by atoms with Gasteiger partial charge in [-0.2, -0.15) is 0 Å². The summed E-state index contributed by atoms with van der Waals surface area (Å²) in [6.45, 7) is 4.73. The Labute approximate surface area is 163 Å². The van der Waals surface area contributed by atoms with Crippen molar-refractivity contribution in [3.05, 3.63) is 41.5 Å². The number of carboxylic acid groups (broad SMARTS) is 1. The first-order chi connectivity index (χ1) is 13.1. The second-order valence-electron chi connectivity index (χ2n) is 6.72. The van der Waals surface area contributed by atoms with Crippen LogP contribution in [0.2, 0.25) is 0 Å². The van der Waals surface area contributed by atoms with Gasteiger partial charge in [-0.15, -0.1) is 0 Å². The first-order valence-electron chi connectivity index (χ1n) is 9.81. The van der Waals surface area contributed by atoms with Crippen LogP contribution in [0.4, 0.5) is 0 Å². The highest BCUT2D eigenvalue weighted by Gasteiger charge is 2.33. The van der Waals surface area contributed by atoms with Crippen molar-refractivity contribution in [3.8, 4) is 5.75 Å². The van der Waals surface area contributed by atoms with Crippen LogP contribution in [0.5, 0.6) is 5.75 Å². The van der Waals surface area contributed by atoms with Crippen LogP contribution in [0.25, 0.3) is 0 Å². The number of benzene rings is 1. The van der Waals surface area contributed by atoms with E-state index in [0.717, 1.165) is 49.0 Å². The normalized spacial score (nSPS) is 13.4. The van der Waals surface area contributed by atoms with Crippen LogP contribution in [-0.4, -0.2) is 35.5 Å². The van der Waals surface area contributed by atoms with Gasteiger partial charge < -0.3 is 14.7 Å². The van der Waals surface area contributed by atoms with E-state index in [2.05, 4.69) is 30.9 Å². The van der Waals surface area contributed by atoms with Crippen molar-refractivity contribution in [2.24, 2.45) is 0 Å². The smallest absolute Gasteiger partial charge is 0.290 e. The molecule has 0 radical (unpaired) electrons. The lowest BCUT2D eigenvalue weighted by Gasteiger charge is -2.24. The van der Waals surface area contributed by atoms with E-state index in [-0.39, 0.29) is 12.4 Å². The van der Waals surface area contributed by atoms with Crippen molar-refractivity contribution in [1.29, 1.82) is 0 Å². The third-order valence-corrected chi connectivity index (χ3v) is 4.51. The van der Waals surface area contributed by atoms with Crippen LogP contribution in [-0.2, 0) is 16.1 Å². The molecule has 2 rings (SSSR count). The summed E-state index contributed by atoms with van der Waals surface area (Å²) < 4.78 is 5.31. The van der Waals surface area contributed by atoms with Gasteiger partial charge in [-0.3, -0.25) is 9.59 Å². The summed E-state index contributed by atoms with van der Waals surface area (Å²) in [6.07, 6.45) is 9.68. The number of carbonyl (C=O) groups excluding carboxylic acids is 1. The Balaban J connectivity index is 0.00000114. The SMILES string of the molecule is CCC=C(CCCCC)C(=O)N(Cc1cccc(OC)c1)C1CC1.O=CO. The van der Waals surface area contributed by atoms with E-state index < -0.39 is 0 Å². The Morgan fingerprint density at radius 2 is 2.00 bits per heavy atom. The summed E-state index contributed by atoms with van der Waals surface area (Å²) in [5.41, 5.74) is 2.14. The average molecular weight is 376 g/mol. The molecule has 1 amide bonds. The Bertz CT molecular complexity index is 608. The highest BCUT2D eigenvalue weighted by Crippen LogP contribution is 2.31. The second-order valence-corrected chi connectivity index (χ2v) is 6.72. The van der Waals surface area contributed by atoms with Gasteiger partial charge in [0.1, 0.15) is 5.75 Å². The third kappa shape index (κ3) is 8.29. The number of methoxy groups -OCH3 is 1. The molecule has 1 fully saturated rings. The summed E-state index contributed by atoms with van der Waals surface area (Å²) in [6, 6.07) is 8.46. The van der Waals surface area contributed by atoms with E-state index in [9.17, 15) is 4.79 Å². The fraction of sp³-hybridized carbons (Fsp3) is 0.545. The van der Waals surface area contributed by atoms with E-state index in [4.69, 9.17) is 14.6 Å². The number of carbonyl (C=O) groups is 2. The number of hydrogen-bond acceptors (Lipinski definition) is 3. The van der Waals surface area contributed by atoms with Crippen LogP contribution in [0, 0.1) is 0 Å². The van der Waals surface area contributed by atoms with Crippen LogP contribution in [0.3, 0.4) is 0 Å². The molecule has 0 heterocycles. The van der Waals surface area contributed by atoms with Gasteiger partial charge in [0.2, 0.25) is 5.91 Å². The summed E-state index contributed by atoms with van der Waals surface area (Å²) in [7, 11) is 1.68. The third-order valence-electron chi connectivity index (χ3n) is 4.51. The predicted octanol–water partition coefficient (Wildman–Crippen LogP) is 4.80. The maximum absolute atomic E-state index is 13.1. The summed E-state index contributed by atoms with van der Waals surface area (Å²) in [5.74, 6) is 1.08. The number of hydrogen-bond donors (Lipinski definition) is 1. The molecule has 27 heavy (non-hydrogen) atoms. The standard InChI is InChI=1S/C21H31NO2.CH2O2/c1-4-6-7-11-18(9-5-2)21(23)22(19-13-14-19)16-17-10-8-12-20(15-17)24-3;2-1-3/h8-10,12,15,19H,4-7,11,13-14,16H2,1-3H3;1H,(H,2,3). The van der Waals surface area contributed by atoms with Crippen LogP contribution in [0.15, 0.2) is 35.9 Å². The van der Waals surface area contributed by atoms with Crippen LogP contribution < -0.4 is 4.74 Å². The van der Waals surface area contributed by atoms with Crippen molar-refractivity contribution in [3.63, 3.8) is 0 Å². The highest BCUT2D eigenvalue weighted by molar-refractivity contribution is 5.93. The molecule has 1 N–H and O–H groups in total. The Kier molecular flexibility index (Phi) is 10.9. The van der Waals surface area contributed by atoms with Gasteiger partial charge in [0.25, 0.3) is 6.47 Å². The first kappa shape index (κ1) is 22.7. The molecule has 0 saturated heterocycles. The minimum atomic E-state index is -0.250. The van der Waals surface area contributed by atoms with Crippen molar-refractivity contribution < 1.29 is 19.4 Å². The first-order valence-corrected chi connectivity index (χ1v) is 9.81. The Morgan fingerprint density at radius 3 is 2.56 bits per heavy atom. The lowest BCUT2D eigenvalue weighted by atomic mass is 10.0. The minimum Gasteiger partial charge on any atom is -0.497 e. The molecule has 1 aliphatic rings. The fourth-order valence-corrected chi connectivity index (χ4v) is 3.01. The van der Waals surface area contributed by atoms with Crippen LogP contribution >= 0.6 is 0 Å². The summed E-state index contributed by atoms with van der Waals surface area (Å²) in [5, 5.41) is 6.89. The molecule has 0 bridgehead atoms. The second kappa shape index (κ2) is 13.0. The topological polar surface area (TPSA) is 66.8 Å². The number of allylic oxidation sites excluding steroid dienone is 1. The van der Waals surface area contributed by atoms with Gasteiger partial charge >= 0.3 is 0 Å². The maximum atomic E-state index is 13.1. The zero-order valence-electron chi connectivity index (χ0n) is 16.8. The number of ether oxygens (including phenoxy) is 1. The molecule has 0 spiro atoms. The van der Waals surface area contributed by atoms with E-state index in [1.807, 2.05) is 18.2 Å². The molecule has 5 nitrogen and oxygen atoms in total. The number of amides is 1. The molecule has 1 aromatic carbocycles. The van der Waals surface area contributed by atoms with E-state index >= 15 is 0 Å². The molecular formula is C22H33NO4. The average Bonchev–Trinajstić information content (AvgIpc) is 3.51. The van der Waals surface area contributed by atoms with Crippen molar-refractivity contribution in [2.75, 3.05) is 7.11 Å². The zero-order chi connectivity index (χ0) is 20.1. The number of unbranched alkanes of at least 4 members (excludes halogenated alkanes) is 2. The molecule has 0 atom stereocenters. The molecular weight excluding hydrogens is 342 g/mol. The molecule has 1 saturated carbocycles. The Hall–Kier alpha value is -2.30. The minimum absolute atomic E-state index is 0.235. The van der Waals surface area contributed by atoms with Crippen molar-refractivity contribution in [2.45, 2.75) is 71.4 Å². The molecule has 0 aromatic heterocycles. The van der Waals surface area contributed by atoms with Gasteiger partial charge in [0.05, 0.1) is 7.11 Å². The van der Waals surface area contributed by atoms with Gasteiger partial charge in [0, 0.05) is 18.2 Å². The van der Waals surface area contributed by atoms with Gasteiger partial charge in [0.15, 0.2) is 0 Å². The largest absolute Gasteiger partial charge is 0.497 e. The van der Waals surface area contributed by atoms with Crippen molar-refractivity contribution in [1.82, 2.24) is 4.90 Å². The summed E-state index contributed by atoms with van der Waals surface area (Å²) >= 11 is 0. The monoisotopic (exact) mass is 375 g/mol. The van der Waals surface area contributed by atoms with Crippen LogP contribution in [0.1, 0.15) is 64.4 Å². The molecule has 1 aromatic rings. The quantitative estimate of drug-likeness (QED) is 0.362.